The molecule has 8 heteroatoms. The third-order valence-electron chi connectivity index (χ3n) is 4.47. The highest BCUT2D eigenvalue weighted by molar-refractivity contribution is 14.0. The highest BCUT2D eigenvalue weighted by Gasteiger charge is 2.13. The van der Waals surface area contributed by atoms with Gasteiger partial charge in [-0.05, 0) is 17.5 Å². The second-order valence-corrected chi connectivity index (χ2v) is 9.18. The Morgan fingerprint density at radius 2 is 1.63 bits per heavy atom. The zero-order valence-electron chi connectivity index (χ0n) is 17.6. The molecule has 0 bridgehead atoms. The minimum Gasteiger partial charge on any atom is -0.379 e. The molecule has 0 saturated carbocycles. The number of nitrogens with zero attached hydrogens (tertiary/aromatic N) is 1. The average Bonchev–Trinajstić information content (AvgIpc) is 2.72. The Morgan fingerprint density at radius 3 is 2.23 bits per heavy atom. The predicted molar refractivity (Wildman–Crippen MR) is 135 cm³/mol. The minimum absolute atomic E-state index is 0. The summed E-state index contributed by atoms with van der Waals surface area (Å²) in [5, 5.41) is 6.59. The van der Waals surface area contributed by atoms with Crippen LogP contribution in [0.2, 0.25) is 0 Å². The zero-order valence-corrected chi connectivity index (χ0v) is 20.7. The Morgan fingerprint density at radius 1 is 1.00 bits per heavy atom. The van der Waals surface area contributed by atoms with Crippen LogP contribution in [0.1, 0.15) is 17.0 Å². The number of hydrogen-bond acceptors (Lipinski definition) is 4. The van der Waals surface area contributed by atoms with Gasteiger partial charge in [-0.2, -0.15) is 0 Å². The Balaban J connectivity index is 0.00000450. The molecule has 0 aliphatic heterocycles. The van der Waals surface area contributed by atoms with Crippen LogP contribution in [-0.4, -0.2) is 59.7 Å². The normalized spacial score (nSPS) is 12.7. The SMILES string of the molecule is CN=C(NCCOCCS(C)(=O)=O)NCC(Cc1ccccc1)c1ccccc1.I. The first kappa shape index (κ1) is 26.4. The van der Waals surface area contributed by atoms with E-state index in [-0.39, 0.29) is 36.3 Å². The number of sulfone groups is 1. The molecular weight excluding hydrogens is 513 g/mol. The van der Waals surface area contributed by atoms with Crippen LogP contribution >= 0.6 is 24.0 Å². The summed E-state index contributed by atoms with van der Waals surface area (Å²) in [4.78, 5) is 4.26. The molecule has 0 aliphatic rings. The molecule has 2 aromatic rings. The number of guanidine groups is 1. The summed E-state index contributed by atoms with van der Waals surface area (Å²) in [6.07, 6.45) is 2.14. The number of aliphatic imine (C=N–C) groups is 1. The van der Waals surface area contributed by atoms with Crippen molar-refractivity contribution in [3.63, 3.8) is 0 Å². The molecule has 1 atom stereocenters. The van der Waals surface area contributed by atoms with Crippen molar-refractivity contribution in [2.75, 3.05) is 45.4 Å². The number of halogens is 1. The third-order valence-corrected chi connectivity index (χ3v) is 5.38. The average molecular weight is 545 g/mol. The van der Waals surface area contributed by atoms with E-state index in [4.69, 9.17) is 4.74 Å². The van der Waals surface area contributed by atoms with E-state index < -0.39 is 9.84 Å². The third kappa shape index (κ3) is 10.9. The van der Waals surface area contributed by atoms with E-state index in [0.29, 0.717) is 25.0 Å². The molecular formula is C22H32IN3O3S. The summed E-state index contributed by atoms with van der Waals surface area (Å²) >= 11 is 0. The first-order chi connectivity index (χ1) is 14.0. The fourth-order valence-electron chi connectivity index (χ4n) is 2.93. The van der Waals surface area contributed by atoms with Gasteiger partial charge in [0.15, 0.2) is 5.96 Å². The monoisotopic (exact) mass is 545 g/mol. The first-order valence-corrected chi connectivity index (χ1v) is 11.8. The van der Waals surface area contributed by atoms with Gasteiger partial charge in [-0.1, -0.05) is 60.7 Å². The zero-order chi connectivity index (χ0) is 21.0. The van der Waals surface area contributed by atoms with Gasteiger partial charge < -0.3 is 15.4 Å². The summed E-state index contributed by atoms with van der Waals surface area (Å²) in [5.41, 5.74) is 2.58. The first-order valence-electron chi connectivity index (χ1n) is 9.77. The molecule has 0 saturated heterocycles. The Labute approximate surface area is 197 Å². The molecule has 0 aliphatic carbocycles. The molecule has 6 nitrogen and oxygen atoms in total. The maximum absolute atomic E-state index is 11.1. The van der Waals surface area contributed by atoms with Crippen LogP contribution in [0.25, 0.3) is 0 Å². The fourth-order valence-corrected chi connectivity index (χ4v) is 3.35. The minimum atomic E-state index is -2.98. The van der Waals surface area contributed by atoms with Crippen molar-refractivity contribution in [1.29, 1.82) is 0 Å². The lowest BCUT2D eigenvalue weighted by molar-refractivity contribution is 0.154. The van der Waals surface area contributed by atoms with Crippen molar-refractivity contribution in [3.8, 4) is 0 Å². The Hall–Kier alpha value is -1.65. The van der Waals surface area contributed by atoms with Gasteiger partial charge in [-0.15, -0.1) is 24.0 Å². The second kappa shape index (κ2) is 14.4. The van der Waals surface area contributed by atoms with E-state index in [1.807, 2.05) is 12.1 Å². The van der Waals surface area contributed by atoms with E-state index in [2.05, 4.69) is 64.2 Å². The van der Waals surface area contributed by atoms with Crippen molar-refractivity contribution < 1.29 is 13.2 Å². The van der Waals surface area contributed by atoms with Gasteiger partial charge in [-0.3, -0.25) is 4.99 Å². The number of rotatable bonds is 11. The van der Waals surface area contributed by atoms with Gasteiger partial charge in [0.1, 0.15) is 9.84 Å². The standard InChI is InChI=1S/C22H31N3O3S.HI/c1-23-22(24-13-14-28-15-16-29(2,26)27)25-18-21(20-11-7-4-8-12-20)17-19-9-5-3-6-10-19;/h3-12,21H,13-18H2,1-2H3,(H2,23,24,25);1H. The molecule has 30 heavy (non-hydrogen) atoms. The van der Waals surface area contributed by atoms with Crippen LogP contribution in [0, 0.1) is 0 Å². The lowest BCUT2D eigenvalue weighted by Crippen LogP contribution is -2.41. The van der Waals surface area contributed by atoms with Crippen LogP contribution in [0.4, 0.5) is 0 Å². The molecule has 0 heterocycles. The molecule has 0 spiro atoms. The molecule has 0 fully saturated rings. The molecule has 166 valence electrons. The van der Waals surface area contributed by atoms with Crippen LogP contribution in [0.3, 0.4) is 0 Å². The lowest BCUT2D eigenvalue weighted by atomic mass is 9.92. The van der Waals surface area contributed by atoms with Crippen LogP contribution < -0.4 is 10.6 Å². The van der Waals surface area contributed by atoms with Crippen molar-refractivity contribution in [3.05, 3.63) is 71.8 Å². The molecule has 0 aromatic heterocycles. The molecule has 2 aromatic carbocycles. The van der Waals surface area contributed by atoms with E-state index in [9.17, 15) is 8.42 Å². The molecule has 2 N–H and O–H groups in total. The highest BCUT2D eigenvalue weighted by atomic mass is 127. The summed E-state index contributed by atoms with van der Waals surface area (Å²) in [7, 11) is -1.25. The quantitative estimate of drug-likeness (QED) is 0.197. The Kier molecular flexibility index (Phi) is 12.6. The number of benzene rings is 2. The summed E-state index contributed by atoms with van der Waals surface area (Å²) in [5.74, 6) is 1.05. The van der Waals surface area contributed by atoms with Gasteiger partial charge >= 0.3 is 0 Å². The van der Waals surface area contributed by atoms with Gasteiger partial charge in [0.2, 0.25) is 0 Å². The van der Waals surface area contributed by atoms with Crippen LogP contribution in [0.5, 0.6) is 0 Å². The second-order valence-electron chi connectivity index (χ2n) is 6.92. The van der Waals surface area contributed by atoms with Crippen LogP contribution in [-0.2, 0) is 21.0 Å². The fraction of sp³-hybridized carbons (Fsp3) is 0.409. The summed E-state index contributed by atoms with van der Waals surface area (Å²) < 4.78 is 27.5. The van der Waals surface area contributed by atoms with E-state index in [1.165, 1.54) is 17.4 Å². The predicted octanol–water partition coefficient (Wildman–Crippen LogP) is 2.86. The van der Waals surface area contributed by atoms with Gasteiger partial charge in [0.05, 0.1) is 19.0 Å². The summed E-state index contributed by atoms with van der Waals surface area (Å²) in [6.45, 7) is 1.92. The smallest absolute Gasteiger partial charge is 0.191 e. The van der Waals surface area contributed by atoms with Crippen molar-refractivity contribution in [2.24, 2.45) is 4.99 Å². The highest BCUT2D eigenvalue weighted by Crippen LogP contribution is 2.20. The van der Waals surface area contributed by atoms with E-state index >= 15 is 0 Å². The molecule has 2 rings (SSSR count). The van der Waals surface area contributed by atoms with Crippen LogP contribution in [0.15, 0.2) is 65.7 Å². The van der Waals surface area contributed by atoms with Crippen molar-refractivity contribution in [1.82, 2.24) is 10.6 Å². The maximum atomic E-state index is 11.1. The van der Waals surface area contributed by atoms with Gasteiger partial charge in [-0.25, -0.2) is 8.42 Å². The molecule has 0 amide bonds. The summed E-state index contributed by atoms with van der Waals surface area (Å²) in [6, 6.07) is 20.9. The number of hydrogen-bond donors (Lipinski definition) is 2. The van der Waals surface area contributed by atoms with Crippen molar-refractivity contribution >= 4 is 39.8 Å². The lowest BCUT2D eigenvalue weighted by Gasteiger charge is -2.20. The maximum Gasteiger partial charge on any atom is 0.191 e. The largest absolute Gasteiger partial charge is 0.379 e. The van der Waals surface area contributed by atoms with Gasteiger partial charge in [0.25, 0.3) is 0 Å². The Bertz CT molecular complexity index is 846. The molecule has 0 radical (unpaired) electrons. The number of ether oxygens (including phenoxy) is 1. The molecule has 1 unspecified atom stereocenters. The number of nitrogens with one attached hydrogen (secondary N) is 2. The van der Waals surface area contributed by atoms with E-state index in [0.717, 1.165) is 13.0 Å². The van der Waals surface area contributed by atoms with Gasteiger partial charge in [0, 0.05) is 32.3 Å². The van der Waals surface area contributed by atoms with Crippen molar-refractivity contribution in [2.45, 2.75) is 12.3 Å². The topological polar surface area (TPSA) is 79.8 Å². The van der Waals surface area contributed by atoms with E-state index in [1.54, 1.807) is 7.05 Å².